The predicted molar refractivity (Wildman–Crippen MR) is 143 cm³/mol. The number of nitrogens with one attached hydrogen (secondary N) is 1. The summed E-state index contributed by atoms with van der Waals surface area (Å²) in [5.74, 6) is 0.587. The highest BCUT2D eigenvalue weighted by Crippen LogP contribution is 2.34. The molecule has 6 heteroatoms. The second-order valence-electron chi connectivity index (χ2n) is 10.1. The van der Waals surface area contributed by atoms with E-state index in [-0.39, 0.29) is 24.2 Å². The Morgan fingerprint density at radius 3 is 2.46 bits per heavy atom. The summed E-state index contributed by atoms with van der Waals surface area (Å²) in [5.41, 5.74) is 7.16. The van der Waals surface area contributed by atoms with Crippen molar-refractivity contribution < 1.29 is 4.79 Å². The Hall–Kier alpha value is -2.81. The lowest BCUT2D eigenvalue weighted by Gasteiger charge is -2.34. The minimum absolute atomic E-state index is 0. The van der Waals surface area contributed by atoms with Gasteiger partial charge in [-0.1, -0.05) is 36.4 Å². The Balaban J connectivity index is 0.00000289. The number of amides is 1. The number of piperidine rings is 2. The Morgan fingerprint density at radius 1 is 1.03 bits per heavy atom. The fourth-order valence-electron chi connectivity index (χ4n) is 6.05. The van der Waals surface area contributed by atoms with Crippen LogP contribution in [0.2, 0.25) is 0 Å². The number of aromatic nitrogens is 1. The van der Waals surface area contributed by atoms with Crippen LogP contribution < -0.4 is 0 Å². The first-order valence-electron chi connectivity index (χ1n) is 12.6. The van der Waals surface area contributed by atoms with Gasteiger partial charge < -0.3 is 9.88 Å². The first-order valence-corrected chi connectivity index (χ1v) is 12.6. The third-order valence-electron chi connectivity index (χ3n) is 7.84. The molecule has 1 amide bonds. The highest BCUT2D eigenvalue weighted by atomic mass is 35.5. The number of nitrogens with zero attached hydrogens (tertiary/aromatic N) is 3. The van der Waals surface area contributed by atoms with Gasteiger partial charge in [-0.15, -0.1) is 12.4 Å². The fourth-order valence-corrected chi connectivity index (χ4v) is 6.05. The van der Waals surface area contributed by atoms with Crippen molar-refractivity contribution >= 4 is 29.2 Å². The maximum atomic E-state index is 13.6. The second-order valence-corrected chi connectivity index (χ2v) is 10.1. The van der Waals surface area contributed by atoms with Crippen LogP contribution in [-0.2, 0) is 6.54 Å². The zero-order valence-electron chi connectivity index (χ0n) is 20.7. The first-order chi connectivity index (χ1) is 16.5. The number of fused-ring (bicyclic) bond motifs is 1. The smallest absolute Gasteiger partial charge is 0.270 e. The Labute approximate surface area is 214 Å². The molecule has 1 unspecified atom stereocenters. The van der Waals surface area contributed by atoms with Crippen LogP contribution in [0, 0.1) is 31.1 Å². The van der Waals surface area contributed by atoms with Gasteiger partial charge in [0.1, 0.15) is 5.69 Å². The standard InChI is InChI=1S/C29H34N4O.ClH/c1-20-7-5-8-21(2)27(20)23-12-15-32(16-13-23)19-25-24-10-3-4-11-26(24)31-28(25)29(34)33-14-6-9-22(17-30)18-33;/h3-5,7-8,10-11,22-23,31H,6,9,12-16,18-19H2,1-2H3;1H. The molecule has 1 atom stereocenters. The van der Waals surface area contributed by atoms with Crippen molar-refractivity contribution in [2.75, 3.05) is 26.2 Å². The lowest BCUT2D eigenvalue weighted by Crippen LogP contribution is -2.40. The zero-order chi connectivity index (χ0) is 23.7. The Morgan fingerprint density at radius 2 is 1.74 bits per heavy atom. The molecule has 184 valence electrons. The minimum atomic E-state index is -0.0607. The van der Waals surface area contributed by atoms with Crippen LogP contribution in [0.5, 0.6) is 0 Å². The van der Waals surface area contributed by atoms with Crippen LogP contribution in [0.25, 0.3) is 10.9 Å². The lowest BCUT2D eigenvalue weighted by atomic mass is 9.84. The molecule has 35 heavy (non-hydrogen) atoms. The highest BCUT2D eigenvalue weighted by molar-refractivity contribution is 6.01. The first kappa shape index (κ1) is 25.3. The quantitative estimate of drug-likeness (QED) is 0.490. The molecule has 1 aromatic heterocycles. The van der Waals surface area contributed by atoms with Gasteiger partial charge in [0, 0.05) is 36.1 Å². The largest absolute Gasteiger partial charge is 0.350 e. The monoisotopic (exact) mass is 490 g/mol. The minimum Gasteiger partial charge on any atom is -0.350 e. The van der Waals surface area contributed by atoms with Crippen molar-refractivity contribution in [1.29, 1.82) is 5.26 Å². The number of aryl methyl sites for hydroxylation is 2. The topological polar surface area (TPSA) is 63.1 Å². The summed E-state index contributed by atoms with van der Waals surface area (Å²) < 4.78 is 0. The molecule has 2 saturated heterocycles. The van der Waals surface area contributed by atoms with Crippen LogP contribution in [0.3, 0.4) is 0 Å². The van der Waals surface area contributed by atoms with Crippen LogP contribution in [0.4, 0.5) is 0 Å². The second kappa shape index (κ2) is 10.8. The average Bonchev–Trinajstić information content (AvgIpc) is 3.23. The molecule has 5 rings (SSSR count). The molecule has 0 saturated carbocycles. The molecule has 0 spiro atoms. The van der Waals surface area contributed by atoms with E-state index < -0.39 is 0 Å². The summed E-state index contributed by atoms with van der Waals surface area (Å²) in [6, 6.07) is 17.2. The molecule has 0 radical (unpaired) electrons. The van der Waals surface area contributed by atoms with E-state index in [1.165, 1.54) is 16.7 Å². The number of hydrogen-bond acceptors (Lipinski definition) is 3. The van der Waals surface area contributed by atoms with Gasteiger partial charge in [-0.05, 0) is 81.3 Å². The molecule has 2 aliphatic heterocycles. The molecule has 0 aliphatic carbocycles. The van der Waals surface area contributed by atoms with Gasteiger partial charge in [0.2, 0.25) is 0 Å². The van der Waals surface area contributed by atoms with Crippen molar-refractivity contribution in [3.05, 3.63) is 70.4 Å². The predicted octanol–water partition coefficient (Wildman–Crippen LogP) is 5.96. The molecule has 2 fully saturated rings. The summed E-state index contributed by atoms with van der Waals surface area (Å²) >= 11 is 0. The summed E-state index contributed by atoms with van der Waals surface area (Å²) in [4.78, 5) is 21.4. The third-order valence-corrected chi connectivity index (χ3v) is 7.84. The molecular formula is C29H35ClN4O. The summed E-state index contributed by atoms with van der Waals surface area (Å²) in [7, 11) is 0. The van der Waals surface area contributed by atoms with E-state index in [2.05, 4.69) is 60.1 Å². The summed E-state index contributed by atoms with van der Waals surface area (Å²) in [5, 5.41) is 10.5. The Kier molecular flexibility index (Phi) is 7.84. The van der Waals surface area contributed by atoms with E-state index in [0.717, 1.165) is 68.3 Å². The Bertz CT molecular complexity index is 1210. The number of nitriles is 1. The third kappa shape index (κ3) is 5.10. The average molecular weight is 491 g/mol. The van der Waals surface area contributed by atoms with E-state index in [4.69, 9.17) is 0 Å². The van der Waals surface area contributed by atoms with E-state index in [9.17, 15) is 10.1 Å². The van der Waals surface area contributed by atoms with Gasteiger partial charge in [0.05, 0.1) is 12.0 Å². The van der Waals surface area contributed by atoms with Gasteiger partial charge in [-0.3, -0.25) is 9.69 Å². The number of aromatic amines is 1. The normalized spacial score (nSPS) is 19.3. The lowest BCUT2D eigenvalue weighted by molar-refractivity contribution is 0.0691. The molecule has 2 aromatic carbocycles. The molecule has 5 nitrogen and oxygen atoms in total. The van der Waals surface area contributed by atoms with Gasteiger partial charge in [0.15, 0.2) is 0 Å². The maximum absolute atomic E-state index is 13.6. The number of hydrogen-bond donors (Lipinski definition) is 1. The van der Waals surface area contributed by atoms with E-state index >= 15 is 0 Å². The van der Waals surface area contributed by atoms with Crippen molar-refractivity contribution in [3.63, 3.8) is 0 Å². The fraction of sp³-hybridized carbons (Fsp3) is 0.448. The SMILES string of the molecule is Cc1cccc(C)c1C1CCN(Cc2c(C(=O)N3CCCC(C#N)C3)[nH]c3ccccc23)CC1.Cl. The van der Waals surface area contributed by atoms with Gasteiger partial charge in [0.25, 0.3) is 5.91 Å². The number of rotatable bonds is 4. The van der Waals surface area contributed by atoms with E-state index in [1.54, 1.807) is 0 Å². The molecule has 1 N–H and O–H groups in total. The van der Waals surface area contributed by atoms with E-state index in [1.807, 2.05) is 17.0 Å². The van der Waals surface area contributed by atoms with Crippen LogP contribution in [0.15, 0.2) is 42.5 Å². The van der Waals surface area contributed by atoms with Crippen LogP contribution >= 0.6 is 12.4 Å². The molecule has 0 bridgehead atoms. The van der Waals surface area contributed by atoms with Crippen molar-refractivity contribution in [2.24, 2.45) is 5.92 Å². The summed E-state index contributed by atoms with van der Waals surface area (Å²) in [6.07, 6.45) is 4.07. The number of H-pyrrole nitrogens is 1. The number of para-hydroxylation sites is 1. The van der Waals surface area contributed by atoms with Crippen molar-refractivity contribution in [2.45, 2.75) is 52.0 Å². The number of halogens is 1. The van der Waals surface area contributed by atoms with Gasteiger partial charge >= 0.3 is 0 Å². The van der Waals surface area contributed by atoms with E-state index in [0.29, 0.717) is 18.2 Å². The van der Waals surface area contributed by atoms with Crippen LogP contribution in [0.1, 0.15) is 64.3 Å². The van der Waals surface area contributed by atoms with Crippen LogP contribution in [-0.4, -0.2) is 46.9 Å². The maximum Gasteiger partial charge on any atom is 0.270 e. The number of carbonyl (C=O) groups is 1. The molecular weight excluding hydrogens is 456 g/mol. The number of carbonyl (C=O) groups excluding carboxylic acids is 1. The molecule has 2 aliphatic rings. The van der Waals surface area contributed by atoms with Crippen molar-refractivity contribution in [3.8, 4) is 6.07 Å². The number of likely N-dealkylation sites (tertiary alicyclic amines) is 2. The summed E-state index contributed by atoms with van der Waals surface area (Å²) in [6.45, 7) is 8.57. The van der Waals surface area contributed by atoms with Gasteiger partial charge in [-0.25, -0.2) is 0 Å². The van der Waals surface area contributed by atoms with Crippen molar-refractivity contribution in [1.82, 2.24) is 14.8 Å². The van der Waals surface area contributed by atoms with Gasteiger partial charge in [-0.2, -0.15) is 5.26 Å². The number of benzene rings is 2. The molecule has 3 heterocycles. The molecule has 3 aromatic rings. The zero-order valence-corrected chi connectivity index (χ0v) is 21.5. The highest BCUT2D eigenvalue weighted by Gasteiger charge is 2.29.